The predicted molar refractivity (Wildman–Crippen MR) is 74.5 cm³/mol. The van der Waals surface area contributed by atoms with Gasteiger partial charge in [-0.3, -0.25) is 4.79 Å². The van der Waals surface area contributed by atoms with Gasteiger partial charge in [0.1, 0.15) is 0 Å². The Morgan fingerprint density at radius 1 is 1.44 bits per heavy atom. The molecular weight excluding hydrogens is 319 g/mol. The number of benzene rings is 1. The lowest BCUT2D eigenvalue weighted by molar-refractivity contribution is -0.152. The lowest BCUT2D eigenvalue weighted by Crippen LogP contribution is -2.28. The molecule has 1 aromatic rings. The molecule has 5 heteroatoms. The van der Waals surface area contributed by atoms with Crippen molar-refractivity contribution in [1.82, 2.24) is 0 Å². The molecule has 0 saturated heterocycles. The first-order chi connectivity index (χ1) is 8.38. The molecule has 1 aromatic carbocycles. The van der Waals surface area contributed by atoms with Crippen LogP contribution in [0.25, 0.3) is 0 Å². The number of halogens is 2. The normalized spacial score (nSPS) is 14.4. The fourth-order valence-electron chi connectivity index (χ4n) is 1.81. The molecule has 0 aliphatic heterocycles. The fraction of sp³-hybridized carbons (Fsp3) is 0.462. The molecule has 2 unspecified atom stereocenters. The van der Waals surface area contributed by atoms with Crippen LogP contribution in [0.5, 0.6) is 0 Å². The fourth-order valence-corrected chi connectivity index (χ4v) is 2.32. The number of ether oxygens (including phenoxy) is 1. The Labute approximate surface area is 120 Å². The van der Waals surface area contributed by atoms with Crippen LogP contribution in [0, 0.1) is 11.8 Å². The molecule has 0 fully saturated rings. The van der Waals surface area contributed by atoms with Crippen molar-refractivity contribution in [3.8, 4) is 0 Å². The van der Waals surface area contributed by atoms with Crippen molar-refractivity contribution in [2.75, 3.05) is 7.11 Å². The van der Waals surface area contributed by atoms with E-state index in [2.05, 4.69) is 15.9 Å². The molecule has 0 saturated carbocycles. The minimum atomic E-state index is -0.911. The van der Waals surface area contributed by atoms with Crippen molar-refractivity contribution in [2.45, 2.75) is 20.0 Å². The second kappa shape index (κ2) is 6.55. The van der Waals surface area contributed by atoms with Gasteiger partial charge in [0.2, 0.25) is 0 Å². The number of rotatable bonds is 4. The third-order valence-electron chi connectivity index (χ3n) is 2.82. The van der Waals surface area contributed by atoms with Gasteiger partial charge < -0.3 is 9.84 Å². The third-order valence-corrected chi connectivity index (χ3v) is 4.03. The first kappa shape index (κ1) is 15.5. The van der Waals surface area contributed by atoms with E-state index in [9.17, 15) is 9.90 Å². The lowest BCUT2D eigenvalue weighted by atomic mass is 9.86. The van der Waals surface area contributed by atoms with E-state index in [1.54, 1.807) is 18.2 Å². The molecule has 100 valence electrons. The molecule has 18 heavy (non-hydrogen) atoms. The van der Waals surface area contributed by atoms with E-state index in [0.29, 0.717) is 15.1 Å². The summed E-state index contributed by atoms with van der Waals surface area (Å²) in [5.41, 5.74) is 0.635. The molecule has 0 aliphatic carbocycles. The number of hydrogen-bond donors (Lipinski definition) is 1. The highest BCUT2D eigenvalue weighted by molar-refractivity contribution is 9.10. The lowest BCUT2D eigenvalue weighted by Gasteiger charge is -2.24. The summed E-state index contributed by atoms with van der Waals surface area (Å²) in [6.07, 6.45) is -0.911. The number of aliphatic hydroxyl groups excluding tert-OH is 1. The number of aliphatic hydroxyl groups is 1. The molecule has 1 N–H and O–H groups in total. The molecule has 1 rings (SSSR count). The van der Waals surface area contributed by atoms with E-state index in [1.807, 2.05) is 13.8 Å². The minimum Gasteiger partial charge on any atom is -0.469 e. The topological polar surface area (TPSA) is 46.5 Å². The van der Waals surface area contributed by atoms with E-state index >= 15 is 0 Å². The molecule has 0 heterocycles. The minimum absolute atomic E-state index is 0.0260. The van der Waals surface area contributed by atoms with Crippen LogP contribution < -0.4 is 0 Å². The Bertz CT molecular complexity index is 434. The van der Waals surface area contributed by atoms with E-state index in [1.165, 1.54) is 7.11 Å². The Morgan fingerprint density at radius 3 is 2.50 bits per heavy atom. The molecule has 0 aromatic heterocycles. The summed E-state index contributed by atoms with van der Waals surface area (Å²) < 4.78 is 5.42. The van der Waals surface area contributed by atoms with Crippen LogP contribution in [0.4, 0.5) is 0 Å². The molecule has 0 spiro atoms. The Hall–Kier alpha value is -0.580. The molecule has 0 aliphatic rings. The van der Waals surface area contributed by atoms with Crippen LogP contribution in [-0.2, 0) is 9.53 Å². The van der Waals surface area contributed by atoms with Gasteiger partial charge >= 0.3 is 5.97 Å². The summed E-state index contributed by atoms with van der Waals surface area (Å²) in [5, 5.41) is 10.9. The molecule has 0 amide bonds. The first-order valence-electron chi connectivity index (χ1n) is 5.59. The number of carbonyl (C=O) groups is 1. The second-order valence-corrected chi connectivity index (χ2v) is 5.67. The summed E-state index contributed by atoms with van der Waals surface area (Å²) in [6, 6.07) is 5.10. The quantitative estimate of drug-likeness (QED) is 0.856. The predicted octanol–water partition coefficient (Wildman–Crippen LogP) is 3.58. The van der Waals surface area contributed by atoms with Gasteiger partial charge in [0.25, 0.3) is 0 Å². The molecule has 0 radical (unpaired) electrons. The second-order valence-electron chi connectivity index (χ2n) is 4.41. The van der Waals surface area contributed by atoms with Gasteiger partial charge in [-0.05, 0) is 39.5 Å². The zero-order chi connectivity index (χ0) is 13.9. The highest BCUT2D eigenvalue weighted by atomic mass is 79.9. The summed E-state index contributed by atoms with van der Waals surface area (Å²) in [7, 11) is 1.32. The van der Waals surface area contributed by atoms with Gasteiger partial charge in [0.15, 0.2) is 0 Å². The van der Waals surface area contributed by atoms with Crippen molar-refractivity contribution in [1.29, 1.82) is 0 Å². The van der Waals surface area contributed by atoms with E-state index in [4.69, 9.17) is 16.3 Å². The summed E-state index contributed by atoms with van der Waals surface area (Å²) in [6.45, 7) is 3.74. The van der Waals surface area contributed by atoms with Crippen molar-refractivity contribution >= 4 is 33.5 Å². The number of esters is 1. The average molecular weight is 336 g/mol. The zero-order valence-corrected chi connectivity index (χ0v) is 12.8. The van der Waals surface area contributed by atoms with Crippen molar-refractivity contribution in [2.24, 2.45) is 11.8 Å². The molecule has 2 atom stereocenters. The highest BCUT2D eigenvalue weighted by Gasteiger charge is 2.32. The average Bonchev–Trinajstić information content (AvgIpc) is 2.32. The number of hydrogen-bond acceptors (Lipinski definition) is 3. The molecule has 3 nitrogen and oxygen atoms in total. The monoisotopic (exact) mass is 334 g/mol. The van der Waals surface area contributed by atoms with Crippen molar-refractivity contribution in [3.05, 3.63) is 33.3 Å². The molecule has 0 bridgehead atoms. The Morgan fingerprint density at radius 2 is 2.06 bits per heavy atom. The highest BCUT2D eigenvalue weighted by Crippen LogP contribution is 2.32. The number of methoxy groups -OCH3 is 1. The smallest absolute Gasteiger partial charge is 0.311 e. The maximum Gasteiger partial charge on any atom is 0.311 e. The SMILES string of the molecule is COC(=O)C(C(C)C)C(O)c1ccc(Cl)c(Br)c1. The standard InChI is InChI=1S/C13H16BrClO3/c1-7(2)11(13(17)18-3)12(16)8-4-5-10(15)9(14)6-8/h4-7,11-12,16H,1-3H3. The van der Waals surface area contributed by atoms with Gasteiger partial charge in [-0.1, -0.05) is 31.5 Å². The van der Waals surface area contributed by atoms with E-state index in [0.717, 1.165) is 0 Å². The van der Waals surface area contributed by atoms with Crippen LogP contribution >= 0.6 is 27.5 Å². The van der Waals surface area contributed by atoms with E-state index < -0.39 is 18.0 Å². The Balaban J connectivity index is 3.05. The van der Waals surface area contributed by atoms with Gasteiger partial charge in [-0.25, -0.2) is 0 Å². The van der Waals surface area contributed by atoms with Crippen LogP contribution in [0.15, 0.2) is 22.7 Å². The van der Waals surface area contributed by atoms with Crippen molar-refractivity contribution < 1.29 is 14.6 Å². The van der Waals surface area contributed by atoms with Crippen molar-refractivity contribution in [3.63, 3.8) is 0 Å². The van der Waals surface area contributed by atoms with Gasteiger partial charge in [0.05, 0.1) is 24.2 Å². The van der Waals surface area contributed by atoms with Crippen LogP contribution in [0.1, 0.15) is 25.5 Å². The van der Waals surface area contributed by atoms with Crippen LogP contribution in [-0.4, -0.2) is 18.2 Å². The maximum absolute atomic E-state index is 11.7. The van der Waals surface area contributed by atoms with Gasteiger partial charge in [-0.15, -0.1) is 0 Å². The van der Waals surface area contributed by atoms with Gasteiger partial charge in [0, 0.05) is 4.47 Å². The maximum atomic E-state index is 11.7. The molecular formula is C13H16BrClO3. The summed E-state index contributed by atoms with van der Waals surface area (Å²) in [4.78, 5) is 11.7. The van der Waals surface area contributed by atoms with Crippen LogP contribution in [0.2, 0.25) is 5.02 Å². The largest absolute Gasteiger partial charge is 0.469 e. The summed E-state index contributed by atoms with van der Waals surface area (Å²) in [5.74, 6) is -1.03. The van der Waals surface area contributed by atoms with E-state index in [-0.39, 0.29) is 5.92 Å². The van der Waals surface area contributed by atoms with Crippen LogP contribution in [0.3, 0.4) is 0 Å². The first-order valence-corrected chi connectivity index (χ1v) is 6.76. The van der Waals surface area contributed by atoms with Gasteiger partial charge in [-0.2, -0.15) is 0 Å². The zero-order valence-electron chi connectivity index (χ0n) is 10.5. The third kappa shape index (κ3) is 3.46. The number of carbonyl (C=O) groups excluding carboxylic acids is 1. The summed E-state index contributed by atoms with van der Waals surface area (Å²) >= 11 is 9.19. The Kier molecular flexibility index (Phi) is 5.63.